The van der Waals surface area contributed by atoms with Crippen molar-refractivity contribution in [2.75, 3.05) is 0 Å². The van der Waals surface area contributed by atoms with E-state index in [1.54, 1.807) is 13.0 Å². The van der Waals surface area contributed by atoms with Gasteiger partial charge in [0.05, 0.1) is 0 Å². The molecule has 72 valence electrons. The van der Waals surface area contributed by atoms with Crippen molar-refractivity contribution in [3.05, 3.63) is 41.5 Å². The van der Waals surface area contributed by atoms with Gasteiger partial charge in [-0.05, 0) is 31.2 Å². The third kappa shape index (κ3) is 1.48. The SMILES string of the molecule is C/C(N)=C/c1c[nH]c2ccc(F)cc12. The lowest BCUT2D eigenvalue weighted by Gasteiger charge is -1.93. The van der Waals surface area contributed by atoms with Gasteiger partial charge in [-0.2, -0.15) is 0 Å². The highest BCUT2D eigenvalue weighted by molar-refractivity contribution is 5.89. The van der Waals surface area contributed by atoms with Gasteiger partial charge >= 0.3 is 0 Å². The Morgan fingerprint density at radius 3 is 3.00 bits per heavy atom. The topological polar surface area (TPSA) is 41.8 Å². The largest absolute Gasteiger partial charge is 0.402 e. The smallest absolute Gasteiger partial charge is 0.123 e. The molecule has 14 heavy (non-hydrogen) atoms. The minimum Gasteiger partial charge on any atom is -0.402 e. The highest BCUT2D eigenvalue weighted by Gasteiger charge is 2.02. The normalized spacial score (nSPS) is 12.3. The Morgan fingerprint density at radius 1 is 1.50 bits per heavy atom. The molecule has 0 saturated heterocycles. The number of aromatic nitrogens is 1. The van der Waals surface area contributed by atoms with Gasteiger partial charge in [0.25, 0.3) is 0 Å². The van der Waals surface area contributed by atoms with Gasteiger partial charge in [0.1, 0.15) is 5.82 Å². The van der Waals surface area contributed by atoms with Crippen LogP contribution in [0.25, 0.3) is 17.0 Å². The maximum absolute atomic E-state index is 13.0. The fourth-order valence-corrected chi connectivity index (χ4v) is 1.48. The molecule has 0 saturated carbocycles. The second-order valence-corrected chi connectivity index (χ2v) is 3.32. The molecule has 1 aromatic heterocycles. The first-order chi connectivity index (χ1) is 6.66. The van der Waals surface area contributed by atoms with Crippen LogP contribution in [0.4, 0.5) is 4.39 Å². The predicted octanol–water partition coefficient (Wildman–Crippen LogP) is 2.63. The standard InChI is InChI=1S/C11H11FN2/c1-7(13)4-8-6-14-11-3-2-9(12)5-10(8)11/h2-6,14H,13H2,1H3/b7-4-. The Labute approximate surface area is 81.2 Å². The molecule has 2 nitrogen and oxygen atoms in total. The predicted molar refractivity (Wildman–Crippen MR) is 56.1 cm³/mol. The van der Waals surface area contributed by atoms with Crippen LogP contribution in [0.5, 0.6) is 0 Å². The molecular weight excluding hydrogens is 179 g/mol. The van der Waals surface area contributed by atoms with Crippen molar-refractivity contribution >= 4 is 17.0 Å². The minimum absolute atomic E-state index is 0.235. The van der Waals surface area contributed by atoms with E-state index in [0.717, 1.165) is 16.5 Å². The fourth-order valence-electron chi connectivity index (χ4n) is 1.48. The molecule has 3 heteroatoms. The Kier molecular flexibility index (Phi) is 2.00. The van der Waals surface area contributed by atoms with Gasteiger partial charge in [-0.3, -0.25) is 0 Å². The van der Waals surface area contributed by atoms with Crippen molar-refractivity contribution in [1.82, 2.24) is 4.98 Å². The molecule has 0 aliphatic carbocycles. The zero-order valence-electron chi connectivity index (χ0n) is 7.84. The van der Waals surface area contributed by atoms with Crippen LogP contribution in [0.1, 0.15) is 12.5 Å². The number of aromatic amines is 1. The molecular formula is C11H11FN2. The molecule has 0 fully saturated rings. The maximum Gasteiger partial charge on any atom is 0.123 e. The van der Waals surface area contributed by atoms with Crippen LogP contribution in [0.3, 0.4) is 0 Å². The zero-order chi connectivity index (χ0) is 10.1. The maximum atomic E-state index is 13.0. The monoisotopic (exact) mass is 190 g/mol. The van der Waals surface area contributed by atoms with Crippen molar-refractivity contribution in [3.63, 3.8) is 0 Å². The first-order valence-electron chi connectivity index (χ1n) is 4.37. The van der Waals surface area contributed by atoms with Crippen molar-refractivity contribution in [1.29, 1.82) is 0 Å². The molecule has 2 aromatic rings. The van der Waals surface area contributed by atoms with Crippen molar-refractivity contribution in [2.24, 2.45) is 5.73 Å². The number of halogens is 1. The number of nitrogens with one attached hydrogen (secondary N) is 1. The molecule has 0 aliphatic rings. The van der Waals surface area contributed by atoms with Gasteiger partial charge in [-0.1, -0.05) is 0 Å². The third-order valence-corrected chi connectivity index (χ3v) is 2.06. The van der Waals surface area contributed by atoms with Crippen LogP contribution < -0.4 is 5.73 Å². The zero-order valence-corrected chi connectivity index (χ0v) is 7.84. The summed E-state index contributed by atoms with van der Waals surface area (Å²) < 4.78 is 13.0. The highest BCUT2D eigenvalue weighted by atomic mass is 19.1. The summed E-state index contributed by atoms with van der Waals surface area (Å²) in [6.45, 7) is 1.80. The van der Waals surface area contributed by atoms with Crippen LogP contribution in [-0.2, 0) is 0 Å². The quantitative estimate of drug-likeness (QED) is 0.713. The molecule has 1 heterocycles. The molecule has 0 unspecified atom stereocenters. The van der Waals surface area contributed by atoms with Gasteiger partial charge in [0.2, 0.25) is 0 Å². The van der Waals surface area contributed by atoms with E-state index in [-0.39, 0.29) is 5.82 Å². The lowest BCUT2D eigenvalue weighted by atomic mass is 10.1. The van der Waals surface area contributed by atoms with Gasteiger partial charge in [-0.25, -0.2) is 4.39 Å². The van der Waals surface area contributed by atoms with Gasteiger partial charge in [-0.15, -0.1) is 0 Å². The molecule has 3 N–H and O–H groups in total. The summed E-state index contributed by atoms with van der Waals surface area (Å²) in [5.74, 6) is -0.235. The molecule has 0 spiro atoms. The number of fused-ring (bicyclic) bond motifs is 1. The summed E-state index contributed by atoms with van der Waals surface area (Å²) in [7, 11) is 0. The van der Waals surface area contributed by atoms with Gasteiger partial charge in [0.15, 0.2) is 0 Å². The summed E-state index contributed by atoms with van der Waals surface area (Å²) in [6, 6.07) is 4.65. The number of nitrogens with two attached hydrogens (primary N) is 1. The Bertz CT molecular complexity index is 493. The Morgan fingerprint density at radius 2 is 2.29 bits per heavy atom. The highest BCUT2D eigenvalue weighted by Crippen LogP contribution is 2.20. The van der Waals surface area contributed by atoms with E-state index in [4.69, 9.17) is 5.73 Å². The lowest BCUT2D eigenvalue weighted by Crippen LogP contribution is -1.88. The fraction of sp³-hybridized carbons (Fsp3) is 0.0909. The van der Waals surface area contributed by atoms with E-state index in [9.17, 15) is 4.39 Å². The van der Waals surface area contributed by atoms with Crippen molar-refractivity contribution < 1.29 is 4.39 Å². The van der Waals surface area contributed by atoms with E-state index >= 15 is 0 Å². The summed E-state index contributed by atoms with van der Waals surface area (Å²) in [5, 5.41) is 0.856. The second kappa shape index (κ2) is 3.18. The summed E-state index contributed by atoms with van der Waals surface area (Å²) in [6.07, 6.45) is 3.64. The number of H-pyrrole nitrogens is 1. The summed E-state index contributed by atoms with van der Waals surface area (Å²) in [4.78, 5) is 3.05. The lowest BCUT2D eigenvalue weighted by molar-refractivity contribution is 0.629. The van der Waals surface area contributed by atoms with Crippen LogP contribution in [0.2, 0.25) is 0 Å². The second-order valence-electron chi connectivity index (χ2n) is 3.32. The van der Waals surface area contributed by atoms with E-state index in [0.29, 0.717) is 5.70 Å². The Balaban J connectivity index is 2.67. The van der Waals surface area contributed by atoms with E-state index in [2.05, 4.69) is 4.98 Å². The summed E-state index contributed by atoms with van der Waals surface area (Å²) >= 11 is 0. The summed E-state index contributed by atoms with van der Waals surface area (Å²) in [5.41, 5.74) is 8.10. The number of hydrogen-bond acceptors (Lipinski definition) is 1. The molecule has 0 amide bonds. The van der Waals surface area contributed by atoms with Crippen LogP contribution in [0, 0.1) is 5.82 Å². The molecule has 0 atom stereocenters. The Hall–Kier alpha value is -1.77. The van der Waals surface area contributed by atoms with Crippen LogP contribution in [-0.4, -0.2) is 4.98 Å². The van der Waals surface area contributed by atoms with E-state index in [1.807, 2.05) is 12.3 Å². The molecule has 1 aromatic carbocycles. The van der Waals surface area contributed by atoms with Crippen LogP contribution >= 0.6 is 0 Å². The van der Waals surface area contributed by atoms with E-state index < -0.39 is 0 Å². The van der Waals surface area contributed by atoms with Crippen LogP contribution in [0.15, 0.2) is 30.1 Å². The molecule has 0 aliphatic heterocycles. The molecule has 2 rings (SSSR count). The van der Waals surface area contributed by atoms with Gasteiger partial charge < -0.3 is 10.7 Å². The number of allylic oxidation sites excluding steroid dienone is 1. The number of hydrogen-bond donors (Lipinski definition) is 2. The van der Waals surface area contributed by atoms with Crippen molar-refractivity contribution in [3.8, 4) is 0 Å². The first-order valence-corrected chi connectivity index (χ1v) is 4.37. The molecule has 0 radical (unpaired) electrons. The third-order valence-electron chi connectivity index (χ3n) is 2.06. The average Bonchev–Trinajstić information content (AvgIpc) is 2.47. The van der Waals surface area contributed by atoms with Gasteiger partial charge in [0, 0.05) is 28.4 Å². The number of rotatable bonds is 1. The van der Waals surface area contributed by atoms with Crippen molar-refractivity contribution in [2.45, 2.75) is 6.92 Å². The van der Waals surface area contributed by atoms with E-state index in [1.165, 1.54) is 12.1 Å². The average molecular weight is 190 g/mol. The first kappa shape index (κ1) is 8.81. The minimum atomic E-state index is -0.235. The molecule has 0 bridgehead atoms. The number of benzene rings is 1.